The Hall–Kier alpha value is -2.32. The van der Waals surface area contributed by atoms with Gasteiger partial charge in [0.15, 0.2) is 13.7 Å². The summed E-state index contributed by atoms with van der Waals surface area (Å²) in [5.41, 5.74) is 0.605. The van der Waals surface area contributed by atoms with E-state index in [4.69, 9.17) is 18.1 Å². The van der Waals surface area contributed by atoms with Crippen LogP contribution in [0.5, 0.6) is 0 Å². The number of hydrogen-bond donors (Lipinski definition) is 3. The molecule has 2 radical (unpaired) electrons. The lowest BCUT2D eigenvalue weighted by Crippen LogP contribution is -2.49. The lowest BCUT2D eigenvalue weighted by molar-refractivity contribution is -0.102. The summed E-state index contributed by atoms with van der Waals surface area (Å²) >= 11 is 0. The highest BCUT2D eigenvalue weighted by Gasteiger charge is 2.20. The predicted molar refractivity (Wildman–Crippen MR) is 70.1 cm³/mol. The topological polar surface area (TPSA) is 108 Å². The smallest absolute Gasteiger partial charge is 0.273 e. The van der Waals surface area contributed by atoms with Crippen LogP contribution in [0.25, 0.3) is 5.70 Å². The molecule has 0 aromatic carbocycles. The molecule has 0 bridgehead atoms. The van der Waals surface area contributed by atoms with Crippen LogP contribution in [0.4, 0.5) is 0 Å². The zero-order valence-electron chi connectivity index (χ0n) is 9.95. The van der Waals surface area contributed by atoms with Gasteiger partial charge in [-0.3, -0.25) is 9.79 Å². The molecule has 8 heteroatoms. The highest BCUT2D eigenvalue weighted by atomic mass is 16.5. The molecule has 0 saturated carbocycles. The average molecular weight is 258 g/mol. The monoisotopic (exact) mass is 258 g/mol. The van der Waals surface area contributed by atoms with Crippen LogP contribution in [0.2, 0.25) is 0 Å². The summed E-state index contributed by atoms with van der Waals surface area (Å²) in [6.07, 6.45) is 4.15. The minimum Gasteiger partial charge on any atom is -0.358 e. The van der Waals surface area contributed by atoms with Crippen LogP contribution in [0, 0.1) is 0 Å². The van der Waals surface area contributed by atoms with Gasteiger partial charge in [-0.25, -0.2) is 9.97 Å². The van der Waals surface area contributed by atoms with Crippen LogP contribution in [0.3, 0.4) is 0 Å². The molecule has 1 aromatic rings. The van der Waals surface area contributed by atoms with Crippen LogP contribution in [0.1, 0.15) is 16.2 Å². The van der Waals surface area contributed by atoms with Crippen molar-refractivity contribution in [3.8, 4) is 0 Å². The summed E-state index contributed by atoms with van der Waals surface area (Å²) < 4.78 is 0. The Morgan fingerprint density at radius 3 is 2.63 bits per heavy atom. The van der Waals surface area contributed by atoms with Gasteiger partial charge in [0.25, 0.3) is 5.91 Å². The van der Waals surface area contributed by atoms with Crippen molar-refractivity contribution in [2.75, 3.05) is 0 Å². The van der Waals surface area contributed by atoms with Crippen molar-refractivity contribution >= 4 is 26.2 Å². The Balaban J connectivity index is 3.07. The highest BCUT2D eigenvalue weighted by Crippen LogP contribution is 2.13. The van der Waals surface area contributed by atoms with Gasteiger partial charge in [0, 0.05) is 0 Å². The Kier molecular flexibility index (Phi) is 4.68. The van der Waals surface area contributed by atoms with Crippen LogP contribution in [-0.4, -0.2) is 46.5 Å². The van der Waals surface area contributed by atoms with E-state index in [0.29, 0.717) is 11.4 Å². The Morgan fingerprint density at radius 1 is 1.47 bits per heavy atom. The summed E-state index contributed by atoms with van der Waals surface area (Å²) in [5, 5.41) is 19.5. The lowest BCUT2D eigenvalue weighted by Gasteiger charge is -2.17. The number of hydrogen-bond acceptors (Lipinski definition) is 6. The van der Waals surface area contributed by atoms with Crippen molar-refractivity contribution < 1.29 is 15.0 Å². The number of allylic oxidation sites excluding steroid dienone is 2. The molecule has 0 aliphatic heterocycles. The van der Waals surface area contributed by atoms with Crippen molar-refractivity contribution in [3.63, 3.8) is 0 Å². The van der Waals surface area contributed by atoms with Crippen molar-refractivity contribution in [1.29, 1.82) is 0 Å². The van der Waals surface area contributed by atoms with E-state index in [1.54, 1.807) is 11.4 Å². The molecule has 0 unspecified atom stereocenters. The molecule has 96 valence electrons. The van der Waals surface area contributed by atoms with Gasteiger partial charge in [-0.15, -0.1) is 0 Å². The Bertz CT molecular complexity index is 537. The van der Waals surface area contributed by atoms with E-state index in [9.17, 15) is 4.79 Å². The second-order valence-corrected chi connectivity index (χ2v) is 3.41. The molecule has 0 atom stereocenters. The van der Waals surface area contributed by atoms with Gasteiger partial charge in [-0.1, -0.05) is 12.7 Å². The molecule has 0 fully saturated rings. The molecule has 3 N–H and O–H groups in total. The summed E-state index contributed by atoms with van der Waals surface area (Å²) in [5.74, 6) is -3.70. The van der Waals surface area contributed by atoms with Crippen molar-refractivity contribution in [3.05, 3.63) is 42.5 Å². The number of rotatable bonds is 5. The number of nitrogens with zero attached hydrogens (tertiary/aromatic N) is 3. The fraction of sp³-hybridized carbons (Fsp3) is 0.0909. The second-order valence-electron chi connectivity index (χ2n) is 3.41. The molecule has 1 aromatic heterocycles. The molecular weight excluding hydrogens is 247 g/mol. The normalized spacial score (nSPS) is 11.8. The SMILES string of the molecule is [B]C(O)(O)NC(=O)c1cc(/C(=C/C=C)N=C)ncn1. The third-order valence-electron chi connectivity index (χ3n) is 1.91. The molecule has 0 aliphatic rings. The van der Waals surface area contributed by atoms with Crippen molar-refractivity contribution in [1.82, 2.24) is 15.3 Å². The molecule has 19 heavy (non-hydrogen) atoms. The zero-order chi connectivity index (χ0) is 14.5. The number of carbonyl (C=O) groups excluding carboxylic acids is 1. The summed E-state index contributed by atoms with van der Waals surface area (Å²) in [7, 11) is 4.83. The first-order valence-electron chi connectivity index (χ1n) is 5.05. The molecule has 0 saturated heterocycles. The first-order chi connectivity index (χ1) is 8.87. The Morgan fingerprint density at radius 2 is 2.11 bits per heavy atom. The molecule has 7 nitrogen and oxygen atoms in total. The second kappa shape index (κ2) is 6.03. The summed E-state index contributed by atoms with van der Waals surface area (Å²) in [6, 6.07) is 1.30. The van der Waals surface area contributed by atoms with E-state index in [-0.39, 0.29) is 5.69 Å². The van der Waals surface area contributed by atoms with E-state index < -0.39 is 11.7 Å². The molecule has 0 spiro atoms. The number of aliphatic imine (C=N–C) groups is 1. The maximum Gasteiger partial charge on any atom is 0.273 e. The average Bonchev–Trinajstić information content (AvgIpc) is 2.34. The van der Waals surface area contributed by atoms with Gasteiger partial charge in [0.2, 0.25) is 0 Å². The van der Waals surface area contributed by atoms with Crippen molar-refractivity contribution in [2.24, 2.45) is 4.99 Å². The number of aromatic nitrogens is 2. The van der Waals surface area contributed by atoms with E-state index >= 15 is 0 Å². The predicted octanol–water partition coefficient (Wildman–Crippen LogP) is -0.802. The fourth-order valence-corrected chi connectivity index (χ4v) is 1.18. The molecule has 1 heterocycles. The van der Waals surface area contributed by atoms with E-state index in [0.717, 1.165) is 6.33 Å². The molecule has 1 amide bonds. The van der Waals surface area contributed by atoms with E-state index in [1.807, 2.05) is 0 Å². The number of carbonyl (C=O) groups is 1. The quantitative estimate of drug-likeness (QED) is 0.277. The third kappa shape index (κ3) is 4.45. The molecular formula is C11H11BN4O3. The largest absolute Gasteiger partial charge is 0.358 e. The third-order valence-corrected chi connectivity index (χ3v) is 1.91. The minimum atomic E-state index is -2.82. The highest BCUT2D eigenvalue weighted by molar-refractivity contribution is 6.14. The van der Waals surface area contributed by atoms with Crippen LogP contribution in [-0.2, 0) is 0 Å². The first kappa shape index (κ1) is 14.7. The minimum absolute atomic E-state index is 0.110. The maximum atomic E-state index is 11.6. The zero-order valence-corrected chi connectivity index (χ0v) is 9.95. The molecule has 0 aliphatic carbocycles. The number of nitrogens with one attached hydrogen (secondary N) is 1. The lowest BCUT2D eigenvalue weighted by atomic mass is 10.0. The fourth-order valence-electron chi connectivity index (χ4n) is 1.18. The molecule has 1 rings (SSSR count). The number of amides is 1. The summed E-state index contributed by atoms with van der Waals surface area (Å²) in [6.45, 7) is 6.87. The van der Waals surface area contributed by atoms with Crippen molar-refractivity contribution in [2.45, 2.75) is 5.81 Å². The van der Waals surface area contributed by atoms with E-state index in [1.165, 1.54) is 12.1 Å². The van der Waals surface area contributed by atoms with Gasteiger partial charge >= 0.3 is 0 Å². The van der Waals surface area contributed by atoms with Gasteiger partial charge in [0.05, 0.1) is 11.4 Å². The Labute approximate surface area is 110 Å². The number of aliphatic hydroxyl groups is 2. The van der Waals surface area contributed by atoms with Crippen LogP contribution in [0.15, 0.2) is 36.1 Å². The summed E-state index contributed by atoms with van der Waals surface area (Å²) in [4.78, 5) is 22.9. The van der Waals surface area contributed by atoms with Crippen LogP contribution < -0.4 is 5.32 Å². The maximum absolute atomic E-state index is 11.6. The standard InChI is InChI=1S/C11H11BN4O3/c1-3-4-7(13-2)8-5-9(15-6-14-8)10(17)16-11(12,18)19/h3-6,18-19H,1-2H2,(H,16,17)/b7-4-. The van der Waals surface area contributed by atoms with E-state index in [2.05, 4.69) is 28.3 Å². The van der Waals surface area contributed by atoms with Gasteiger partial charge in [-0.05, 0) is 18.9 Å². The van der Waals surface area contributed by atoms with Crippen LogP contribution >= 0.6 is 0 Å². The van der Waals surface area contributed by atoms with Gasteiger partial charge in [-0.2, -0.15) is 0 Å². The van der Waals surface area contributed by atoms with Gasteiger partial charge < -0.3 is 15.5 Å². The first-order valence-corrected chi connectivity index (χ1v) is 5.05. The van der Waals surface area contributed by atoms with Gasteiger partial charge in [0.1, 0.15) is 12.0 Å².